The van der Waals surface area contributed by atoms with Crippen LogP contribution in [0.15, 0.2) is 0 Å². The van der Waals surface area contributed by atoms with Crippen molar-refractivity contribution >= 4 is 5.78 Å². The summed E-state index contributed by atoms with van der Waals surface area (Å²) in [5.41, 5.74) is 5.67. The van der Waals surface area contributed by atoms with Crippen LogP contribution in [-0.4, -0.2) is 11.8 Å². The number of Topliss-reactive ketones (excluding diaryl/α,β-unsaturated/α-hetero) is 1. The van der Waals surface area contributed by atoms with Crippen LogP contribution in [-0.2, 0) is 4.79 Å². The fourth-order valence-electron chi connectivity index (χ4n) is 2.41. The van der Waals surface area contributed by atoms with Crippen molar-refractivity contribution in [3.05, 3.63) is 0 Å². The molecular formula is C13H25NO. The van der Waals surface area contributed by atoms with E-state index in [0.717, 1.165) is 25.2 Å². The summed E-state index contributed by atoms with van der Waals surface area (Å²) in [4.78, 5) is 11.9. The summed E-state index contributed by atoms with van der Waals surface area (Å²) in [6.07, 6.45) is 4.95. The molecule has 0 saturated heterocycles. The second-order valence-electron chi connectivity index (χ2n) is 5.45. The fourth-order valence-corrected chi connectivity index (χ4v) is 2.41. The van der Waals surface area contributed by atoms with Crippen molar-refractivity contribution in [3.8, 4) is 0 Å². The number of carbonyl (C=O) groups is 1. The number of hydrogen-bond donors (Lipinski definition) is 1. The minimum atomic E-state index is 0.161. The Morgan fingerprint density at radius 3 is 2.53 bits per heavy atom. The van der Waals surface area contributed by atoms with Crippen molar-refractivity contribution in [2.24, 2.45) is 23.5 Å². The maximum absolute atomic E-state index is 11.9. The summed E-state index contributed by atoms with van der Waals surface area (Å²) >= 11 is 0. The molecule has 4 unspecified atom stereocenters. The average molecular weight is 211 g/mol. The van der Waals surface area contributed by atoms with Crippen LogP contribution >= 0.6 is 0 Å². The lowest BCUT2D eigenvalue weighted by Gasteiger charge is -2.31. The Balaban J connectivity index is 2.34. The molecule has 1 aliphatic rings. The number of rotatable bonds is 4. The molecule has 1 fully saturated rings. The van der Waals surface area contributed by atoms with Gasteiger partial charge >= 0.3 is 0 Å². The van der Waals surface area contributed by atoms with Crippen LogP contribution in [0.4, 0.5) is 0 Å². The molecule has 1 aliphatic carbocycles. The van der Waals surface area contributed by atoms with E-state index in [-0.39, 0.29) is 6.04 Å². The SMILES string of the molecule is CC(N)CCC(=O)C1CCC(C)C(C)C1. The summed E-state index contributed by atoms with van der Waals surface area (Å²) in [5, 5.41) is 0. The monoisotopic (exact) mass is 211 g/mol. The normalized spacial score (nSPS) is 33.7. The molecule has 0 heterocycles. The predicted octanol–water partition coefficient (Wildman–Crippen LogP) is 2.76. The highest BCUT2D eigenvalue weighted by Gasteiger charge is 2.28. The van der Waals surface area contributed by atoms with Gasteiger partial charge in [0.15, 0.2) is 0 Å². The third-order valence-corrected chi connectivity index (χ3v) is 3.90. The number of ketones is 1. The first kappa shape index (κ1) is 12.7. The number of nitrogens with two attached hydrogens (primary N) is 1. The Morgan fingerprint density at radius 1 is 1.33 bits per heavy atom. The molecule has 2 N–H and O–H groups in total. The number of carbonyl (C=O) groups excluding carboxylic acids is 1. The van der Waals surface area contributed by atoms with Crippen LogP contribution in [0, 0.1) is 17.8 Å². The van der Waals surface area contributed by atoms with Gasteiger partial charge in [0.1, 0.15) is 5.78 Å². The molecule has 2 nitrogen and oxygen atoms in total. The van der Waals surface area contributed by atoms with Gasteiger partial charge in [0.25, 0.3) is 0 Å². The lowest BCUT2D eigenvalue weighted by atomic mass is 9.74. The minimum absolute atomic E-state index is 0.161. The van der Waals surface area contributed by atoms with Crippen LogP contribution in [0.3, 0.4) is 0 Å². The summed E-state index contributed by atoms with van der Waals surface area (Å²) < 4.78 is 0. The van der Waals surface area contributed by atoms with Gasteiger partial charge in [-0.05, 0) is 44.4 Å². The summed E-state index contributed by atoms with van der Waals surface area (Å²) in [6.45, 7) is 6.54. The van der Waals surface area contributed by atoms with Crippen molar-refractivity contribution < 1.29 is 4.79 Å². The van der Waals surface area contributed by atoms with Crippen molar-refractivity contribution in [1.29, 1.82) is 0 Å². The molecule has 1 rings (SSSR count). The molecule has 4 atom stereocenters. The van der Waals surface area contributed by atoms with Crippen LogP contribution in [0.5, 0.6) is 0 Å². The second-order valence-corrected chi connectivity index (χ2v) is 5.45. The van der Waals surface area contributed by atoms with Crippen LogP contribution in [0.1, 0.15) is 52.9 Å². The van der Waals surface area contributed by atoms with Gasteiger partial charge in [-0.25, -0.2) is 0 Å². The van der Waals surface area contributed by atoms with Gasteiger partial charge in [-0.1, -0.05) is 13.8 Å². The molecule has 88 valence electrons. The smallest absolute Gasteiger partial charge is 0.136 e. The zero-order valence-electron chi connectivity index (χ0n) is 10.3. The summed E-state index contributed by atoms with van der Waals surface area (Å²) in [7, 11) is 0. The van der Waals surface area contributed by atoms with E-state index in [9.17, 15) is 4.79 Å². The fraction of sp³-hybridized carbons (Fsp3) is 0.923. The van der Waals surface area contributed by atoms with E-state index in [0.29, 0.717) is 24.0 Å². The Bertz CT molecular complexity index is 213. The van der Waals surface area contributed by atoms with E-state index in [1.54, 1.807) is 0 Å². The van der Waals surface area contributed by atoms with Gasteiger partial charge in [0.05, 0.1) is 0 Å². The van der Waals surface area contributed by atoms with E-state index in [4.69, 9.17) is 5.73 Å². The van der Waals surface area contributed by atoms with Crippen LogP contribution in [0.2, 0.25) is 0 Å². The average Bonchev–Trinajstić information content (AvgIpc) is 2.18. The molecule has 0 aromatic carbocycles. The standard InChI is InChI=1S/C13H25NO/c1-9-4-6-12(8-10(9)2)13(15)7-5-11(3)14/h9-12H,4-8,14H2,1-3H3. The third-order valence-electron chi connectivity index (χ3n) is 3.90. The molecule has 0 amide bonds. The molecule has 0 aliphatic heterocycles. The van der Waals surface area contributed by atoms with E-state index in [1.165, 1.54) is 6.42 Å². The Kier molecular flexibility index (Phi) is 4.78. The van der Waals surface area contributed by atoms with Crippen molar-refractivity contribution in [2.75, 3.05) is 0 Å². The lowest BCUT2D eigenvalue weighted by Crippen LogP contribution is -2.27. The Morgan fingerprint density at radius 2 is 2.00 bits per heavy atom. The Labute approximate surface area is 93.6 Å². The molecule has 0 spiro atoms. The highest BCUT2D eigenvalue weighted by atomic mass is 16.1. The first-order valence-corrected chi connectivity index (χ1v) is 6.29. The summed E-state index contributed by atoms with van der Waals surface area (Å²) in [6, 6.07) is 0.161. The highest BCUT2D eigenvalue weighted by molar-refractivity contribution is 5.81. The van der Waals surface area contributed by atoms with Crippen LogP contribution in [0.25, 0.3) is 0 Å². The van der Waals surface area contributed by atoms with Gasteiger partial charge in [-0.15, -0.1) is 0 Å². The summed E-state index contributed by atoms with van der Waals surface area (Å²) in [5.74, 6) is 2.28. The third kappa shape index (κ3) is 3.94. The van der Waals surface area contributed by atoms with Gasteiger partial charge in [0, 0.05) is 18.4 Å². The molecule has 0 aromatic heterocycles. The minimum Gasteiger partial charge on any atom is -0.328 e. The number of hydrogen-bond acceptors (Lipinski definition) is 2. The molecule has 0 radical (unpaired) electrons. The largest absolute Gasteiger partial charge is 0.328 e. The molecule has 0 aromatic rings. The molecule has 15 heavy (non-hydrogen) atoms. The lowest BCUT2D eigenvalue weighted by molar-refractivity contribution is -0.124. The van der Waals surface area contributed by atoms with E-state index < -0.39 is 0 Å². The van der Waals surface area contributed by atoms with Crippen molar-refractivity contribution in [2.45, 2.75) is 58.9 Å². The molecule has 1 saturated carbocycles. The predicted molar refractivity (Wildman–Crippen MR) is 63.6 cm³/mol. The maximum Gasteiger partial charge on any atom is 0.136 e. The Hall–Kier alpha value is -0.370. The van der Waals surface area contributed by atoms with E-state index in [1.807, 2.05) is 6.92 Å². The van der Waals surface area contributed by atoms with Crippen molar-refractivity contribution in [3.63, 3.8) is 0 Å². The van der Waals surface area contributed by atoms with E-state index in [2.05, 4.69) is 13.8 Å². The first-order valence-electron chi connectivity index (χ1n) is 6.29. The maximum atomic E-state index is 11.9. The van der Waals surface area contributed by atoms with Crippen molar-refractivity contribution in [1.82, 2.24) is 0 Å². The zero-order valence-corrected chi connectivity index (χ0v) is 10.3. The van der Waals surface area contributed by atoms with Gasteiger partial charge in [0.2, 0.25) is 0 Å². The van der Waals surface area contributed by atoms with E-state index >= 15 is 0 Å². The molecule has 0 bridgehead atoms. The van der Waals surface area contributed by atoms with Gasteiger partial charge in [-0.2, -0.15) is 0 Å². The topological polar surface area (TPSA) is 43.1 Å². The highest BCUT2D eigenvalue weighted by Crippen LogP contribution is 2.34. The van der Waals surface area contributed by atoms with Gasteiger partial charge < -0.3 is 5.73 Å². The molecule has 2 heteroatoms. The quantitative estimate of drug-likeness (QED) is 0.777. The second kappa shape index (κ2) is 5.64. The zero-order chi connectivity index (χ0) is 11.4. The van der Waals surface area contributed by atoms with Gasteiger partial charge in [-0.3, -0.25) is 4.79 Å². The van der Waals surface area contributed by atoms with Crippen LogP contribution < -0.4 is 5.73 Å². The molecular weight excluding hydrogens is 186 g/mol. The first-order chi connectivity index (χ1) is 7.00.